The summed E-state index contributed by atoms with van der Waals surface area (Å²) in [5.74, 6) is -0.463. The van der Waals surface area contributed by atoms with Crippen LogP contribution in [-0.2, 0) is 4.79 Å². The second-order valence-corrected chi connectivity index (χ2v) is 5.05. The predicted molar refractivity (Wildman–Crippen MR) is 84.0 cm³/mol. The molecular weight excluding hydrogens is 325 g/mol. The maximum atomic E-state index is 10.9. The molecule has 1 N–H and O–H groups in total. The normalized spacial score (nSPS) is 15.4. The van der Waals surface area contributed by atoms with Gasteiger partial charge in [-0.3, -0.25) is 0 Å². The molecule has 1 unspecified atom stereocenters. The first-order chi connectivity index (χ1) is 10.6. The molecule has 0 radical (unpaired) electrons. The molecule has 3 aromatic rings. The van der Waals surface area contributed by atoms with E-state index in [4.69, 9.17) is 19.1 Å². The van der Waals surface area contributed by atoms with Crippen LogP contribution >= 0.6 is 0 Å². The van der Waals surface area contributed by atoms with Crippen LogP contribution in [0.15, 0.2) is 40.9 Å². The summed E-state index contributed by atoms with van der Waals surface area (Å²) in [7, 11) is 0. The third kappa shape index (κ3) is 2.79. The summed E-state index contributed by atoms with van der Waals surface area (Å²) in [5, 5.41) is 13.8. The van der Waals surface area contributed by atoms with Crippen molar-refractivity contribution < 1.29 is 23.9 Å². The van der Waals surface area contributed by atoms with Crippen LogP contribution in [0, 0.1) is 6.92 Å². The molecule has 0 amide bonds. The number of benzene rings is 2. The Morgan fingerprint density at radius 2 is 1.87 bits per heavy atom. The molecule has 0 saturated heterocycles. The van der Waals surface area contributed by atoms with Crippen molar-refractivity contribution in [1.82, 2.24) is 5.16 Å². The summed E-state index contributed by atoms with van der Waals surface area (Å²) in [6.07, 6.45) is -1.32. The first-order valence-corrected chi connectivity index (χ1v) is 6.69. The maximum absolute atomic E-state index is 10.9. The molecule has 1 aromatic heterocycles. The number of aromatic nitrogens is 1. The molecule has 1 aliphatic rings. The van der Waals surface area contributed by atoms with Gasteiger partial charge in [-0.05, 0) is 18.6 Å². The quantitative estimate of drug-likeness (QED) is 0.723. The van der Waals surface area contributed by atoms with Gasteiger partial charge in [0.2, 0.25) is 0 Å². The van der Waals surface area contributed by atoms with Gasteiger partial charge >= 0.3 is 63.6 Å². The number of fused-ring (bicyclic) bond motifs is 2. The van der Waals surface area contributed by atoms with E-state index in [-0.39, 0.29) is 51.4 Å². The zero-order chi connectivity index (χ0) is 15.3. The topological polar surface area (TPSA) is 81.8 Å². The van der Waals surface area contributed by atoms with Crippen LogP contribution in [0.3, 0.4) is 0 Å². The molecule has 0 saturated carbocycles. The van der Waals surface area contributed by atoms with Crippen LogP contribution in [0.4, 0.5) is 0 Å². The molecule has 0 fully saturated rings. The van der Waals surface area contributed by atoms with Crippen molar-refractivity contribution >= 4 is 68.3 Å². The SMILES string of the molecule is Cc1ccccc1-c1noc2cc3c(cc12)OC(C(=O)O)O3.[KH]. The average Bonchev–Trinajstić information content (AvgIpc) is 3.08. The van der Waals surface area contributed by atoms with E-state index in [1.807, 2.05) is 31.2 Å². The van der Waals surface area contributed by atoms with E-state index in [1.165, 1.54) is 0 Å². The number of carbonyl (C=O) groups is 1. The molecule has 2 aromatic carbocycles. The van der Waals surface area contributed by atoms with Crippen molar-refractivity contribution in [3.63, 3.8) is 0 Å². The Hall–Kier alpha value is -1.38. The average molecular weight is 337 g/mol. The molecule has 6 nitrogen and oxygen atoms in total. The van der Waals surface area contributed by atoms with Gasteiger partial charge in [0.15, 0.2) is 17.1 Å². The van der Waals surface area contributed by atoms with E-state index >= 15 is 0 Å². The van der Waals surface area contributed by atoms with Crippen molar-refractivity contribution in [1.29, 1.82) is 0 Å². The standard InChI is InChI=1S/C16H11NO5.K.H/c1-8-4-2-3-5-9(8)14-10-6-12-13(7-11(10)22-17-14)21-16(20-12)15(18)19;;/h2-7,16H,1H3,(H,18,19);;. The molecule has 4 rings (SSSR count). The second-order valence-electron chi connectivity index (χ2n) is 5.05. The summed E-state index contributed by atoms with van der Waals surface area (Å²) in [6, 6.07) is 11.1. The number of carboxylic acids is 1. The van der Waals surface area contributed by atoms with Crippen LogP contribution < -0.4 is 9.47 Å². The van der Waals surface area contributed by atoms with E-state index in [0.29, 0.717) is 22.8 Å². The van der Waals surface area contributed by atoms with Crippen molar-refractivity contribution in [3.8, 4) is 22.8 Å². The molecule has 1 aliphatic heterocycles. The Bertz CT molecular complexity index is 905. The Morgan fingerprint density at radius 3 is 2.57 bits per heavy atom. The minimum absolute atomic E-state index is 0. The van der Waals surface area contributed by atoms with Gasteiger partial charge in [0.1, 0.15) is 5.69 Å². The van der Waals surface area contributed by atoms with Gasteiger partial charge in [-0.25, -0.2) is 4.79 Å². The van der Waals surface area contributed by atoms with Gasteiger partial charge in [0.25, 0.3) is 0 Å². The van der Waals surface area contributed by atoms with E-state index in [9.17, 15) is 4.79 Å². The number of carboxylic acid groups (broad SMARTS) is 1. The van der Waals surface area contributed by atoms with Crippen molar-refractivity contribution in [2.45, 2.75) is 13.2 Å². The zero-order valence-electron chi connectivity index (χ0n) is 11.6. The summed E-state index contributed by atoms with van der Waals surface area (Å²) < 4.78 is 15.8. The van der Waals surface area contributed by atoms with Crippen molar-refractivity contribution in [3.05, 3.63) is 42.0 Å². The molecule has 23 heavy (non-hydrogen) atoms. The van der Waals surface area contributed by atoms with Gasteiger partial charge in [0.05, 0.1) is 5.39 Å². The van der Waals surface area contributed by atoms with Crippen LogP contribution in [-0.4, -0.2) is 73.9 Å². The number of hydrogen-bond donors (Lipinski definition) is 1. The molecule has 1 atom stereocenters. The van der Waals surface area contributed by atoms with Crippen LogP contribution in [0.2, 0.25) is 0 Å². The molecular formula is C16H12KNO5. The first-order valence-electron chi connectivity index (χ1n) is 6.69. The Morgan fingerprint density at radius 1 is 1.17 bits per heavy atom. The molecule has 0 bridgehead atoms. The van der Waals surface area contributed by atoms with Crippen molar-refractivity contribution in [2.75, 3.05) is 0 Å². The van der Waals surface area contributed by atoms with E-state index < -0.39 is 12.3 Å². The van der Waals surface area contributed by atoms with Gasteiger partial charge in [-0.1, -0.05) is 29.4 Å². The van der Waals surface area contributed by atoms with E-state index in [0.717, 1.165) is 16.5 Å². The molecule has 0 spiro atoms. The molecule has 7 heteroatoms. The number of rotatable bonds is 2. The number of aliphatic carboxylic acids is 1. The van der Waals surface area contributed by atoms with Crippen LogP contribution in [0.25, 0.3) is 22.2 Å². The van der Waals surface area contributed by atoms with Gasteiger partial charge < -0.3 is 19.1 Å². The Labute approximate surface area is 173 Å². The van der Waals surface area contributed by atoms with Crippen molar-refractivity contribution in [2.24, 2.45) is 0 Å². The minimum atomic E-state index is -1.32. The summed E-state index contributed by atoms with van der Waals surface area (Å²) in [5.41, 5.74) is 3.23. The van der Waals surface area contributed by atoms with E-state index in [1.54, 1.807) is 12.1 Å². The van der Waals surface area contributed by atoms with Gasteiger partial charge in [-0.15, -0.1) is 0 Å². The zero-order valence-corrected chi connectivity index (χ0v) is 11.6. The monoisotopic (exact) mass is 337 g/mol. The molecule has 112 valence electrons. The number of ether oxygens (including phenoxy) is 2. The van der Waals surface area contributed by atoms with Crippen LogP contribution in [0.1, 0.15) is 5.56 Å². The third-order valence-corrected chi connectivity index (χ3v) is 3.61. The van der Waals surface area contributed by atoms with Gasteiger partial charge in [0, 0.05) is 11.6 Å². The summed E-state index contributed by atoms with van der Waals surface area (Å²) >= 11 is 0. The molecule has 2 heterocycles. The molecule has 0 aliphatic carbocycles. The number of nitrogens with zero attached hydrogens (tertiary/aromatic N) is 1. The van der Waals surface area contributed by atoms with E-state index in [2.05, 4.69) is 5.16 Å². The fourth-order valence-corrected chi connectivity index (χ4v) is 2.52. The second kappa shape index (κ2) is 6.25. The summed E-state index contributed by atoms with van der Waals surface area (Å²) in [6.45, 7) is 1.99. The van der Waals surface area contributed by atoms with Crippen LogP contribution in [0.5, 0.6) is 11.5 Å². The number of hydrogen-bond acceptors (Lipinski definition) is 5. The summed E-state index contributed by atoms with van der Waals surface area (Å²) in [4.78, 5) is 10.9. The fourth-order valence-electron chi connectivity index (χ4n) is 2.52. The Balaban J connectivity index is 0.00000156. The van der Waals surface area contributed by atoms with Gasteiger partial charge in [-0.2, -0.15) is 0 Å². The first kappa shape index (κ1) is 16.5. The third-order valence-electron chi connectivity index (χ3n) is 3.61. The predicted octanol–water partition coefficient (Wildman–Crippen LogP) is 2.34. The number of aryl methyl sites for hydroxylation is 1. The fraction of sp³-hybridized carbons (Fsp3) is 0.125. The Kier molecular flexibility index (Phi) is 4.48.